The molecule has 90 valence electrons. The summed E-state index contributed by atoms with van der Waals surface area (Å²) < 4.78 is 1.28. The first-order valence-corrected chi connectivity index (χ1v) is 6.95. The summed E-state index contributed by atoms with van der Waals surface area (Å²) in [6.07, 6.45) is 3.35. The topological polar surface area (TPSA) is 46.2 Å². The second-order valence-corrected chi connectivity index (χ2v) is 6.14. The van der Waals surface area contributed by atoms with E-state index in [0.717, 1.165) is 19.3 Å². The average molecular weight is 247 g/mol. The van der Waals surface area contributed by atoms with Crippen LogP contribution < -0.4 is 5.73 Å². The van der Waals surface area contributed by atoms with Crippen molar-refractivity contribution in [1.29, 1.82) is 0 Å². The summed E-state index contributed by atoms with van der Waals surface area (Å²) in [5, 5.41) is 11.1. The molecule has 3 N–H and O–H groups in total. The van der Waals surface area contributed by atoms with E-state index in [4.69, 9.17) is 5.73 Å². The van der Waals surface area contributed by atoms with Crippen LogP contribution in [0, 0.1) is 0 Å². The van der Waals surface area contributed by atoms with Gasteiger partial charge in [0.1, 0.15) is 0 Å². The molecule has 0 spiro atoms. The number of benzene rings is 1. The predicted molar refractivity (Wildman–Crippen MR) is 72.2 cm³/mol. The smallest absolute Gasteiger partial charge is 0.0561 e. The Balaban J connectivity index is 2.02. The van der Waals surface area contributed by atoms with Crippen LogP contribution in [-0.4, -0.2) is 11.2 Å². The summed E-state index contributed by atoms with van der Waals surface area (Å²) >= 11 is 1.77. The van der Waals surface area contributed by atoms with E-state index >= 15 is 0 Å². The van der Waals surface area contributed by atoms with Gasteiger partial charge in [-0.15, -0.1) is 11.3 Å². The molecule has 2 atom stereocenters. The molecule has 17 heavy (non-hydrogen) atoms. The molecular weight excluding hydrogens is 230 g/mol. The van der Waals surface area contributed by atoms with Gasteiger partial charge >= 0.3 is 0 Å². The largest absolute Gasteiger partial charge is 0.393 e. The van der Waals surface area contributed by atoms with Crippen LogP contribution in [0.3, 0.4) is 0 Å². The molecule has 1 aromatic heterocycles. The maximum Gasteiger partial charge on any atom is 0.0561 e. The van der Waals surface area contributed by atoms with Crippen LogP contribution >= 0.6 is 11.3 Å². The van der Waals surface area contributed by atoms with Crippen molar-refractivity contribution in [3.8, 4) is 0 Å². The maximum absolute atomic E-state index is 9.81. The molecule has 1 aliphatic rings. The second-order valence-electron chi connectivity index (χ2n) is 5.05. The molecule has 2 nitrogen and oxygen atoms in total. The Labute approximate surface area is 105 Å². The van der Waals surface area contributed by atoms with Gasteiger partial charge in [-0.2, -0.15) is 0 Å². The Morgan fingerprint density at radius 3 is 2.94 bits per heavy atom. The van der Waals surface area contributed by atoms with Crippen molar-refractivity contribution in [1.82, 2.24) is 0 Å². The lowest BCUT2D eigenvalue weighted by Crippen LogP contribution is -2.42. The van der Waals surface area contributed by atoms with E-state index in [9.17, 15) is 5.11 Å². The number of hydrogen-bond acceptors (Lipinski definition) is 3. The second kappa shape index (κ2) is 4.09. The molecule has 0 unspecified atom stereocenters. The Hall–Kier alpha value is -0.900. The van der Waals surface area contributed by atoms with Crippen LogP contribution in [0.2, 0.25) is 0 Å². The van der Waals surface area contributed by atoms with E-state index in [1.54, 1.807) is 11.3 Å². The van der Waals surface area contributed by atoms with E-state index in [-0.39, 0.29) is 11.6 Å². The standard InChI is InChI=1S/C14H17NOS/c15-14(7-3-5-11(16)9-14)13-8-10-4-1-2-6-12(10)17-13/h1-2,4,6,8,11,16H,3,5,7,9,15H2/t11-,14+/m0/s1. The van der Waals surface area contributed by atoms with Crippen molar-refractivity contribution in [2.45, 2.75) is 37.3 Å². The molecule has 1 aromatic carbocycles. The molecule has 3 heteroatoms. The highest BCUT2D eigenvalue weighted by Crippen LogP contribution is 2.40. The molecule has 2 aromatic rings. The van der Waals surface area contributed by atoms with Crippen LogP contribution in [0.1, 0.15) is 30.6 Å². The van der Waals surface area contributed by atoms with Crippen molar-refractivity contribution < 1.29 is 5.11 Å². The first-order valence-electron chi connectivity index (χ1n) is 6.13. The van der Waals surface area contributed by atoms with Gasteiger partial charge in [-0.05, 0) is 43.2 Å². The minimum absolute atomic E-state index is 0.237. The predicted octanol–water partition coefficient (Wildman–Crippen LogP) is 2.99. The van der Waals surface area contributed by atoms with Gasteiger partial charge in [0.15, 0.2) is 0 Å². The minimum atomic E-state index is -0.318. The summed E-state index contributed by atoms with van der Waals surface area (Å²) in [5.74, 6) is 0. The minimum Gasteiger partial charge on any atom is -0.393 e. The van der Waals surface area contributed by atoms with Crippen LogP contribution in [0.25, 0.3) is 10.1 Å². The molecule has 0 saturated heterocycles. The zero-order chi connectivity index (χ0) is 11.9. The van der Waals surface area contributed by atoms with Gasteiger partial charge in [0.05, 0.1) is 11.6 Å². The van der Waals surface area contributed by atoms with Gasteiger partial charge < -0.3 is 10.8 Å². The molecule has 0 amide bonds. The number of aliphatic hydroxyl groups is 1. The van der Waals surface area contributed by atoms with Crippen molar-refractivity contribution in [3.05, 3.63) is 35.2 Å². The number of hydrogen-bond donors (Lipinski definition) is 2. The average Bonchev–Trinajstić information content (AvgIpc) is 2.73. The van der Waals surface area contributed by atoms with Crippen molar-refractivity contribution >= 4 is 21.4 Å². The monoisotopic (exact) mass is 247 g/mol. The maximum atomic E-state index is 9.81. The Kier molecular flexibility index (Phi) is 2.69. The Morgan fingerprint density at radius 1 is 1.35 bits per heavy atom. The first kappa shape index (κ1) is 11.2. The summed E-state index contributed by atoms with van der Waals surface area (Å²) in [6.45, 7) is 0. The molecular formula is C14H17NOS. The number of aliphatic hydroxyl groups excluding tert-OH is 1. The number of thiophene rings is 1. The molecule has 1 aliphatic carbocycles. The Morgan fingerprint density at radius 2 is 2.18 bits per heavy atom. The summed E-state index contributed by atoms with van der Waals surface area (Å²) in [5.41, 5.74) is 6.17. The number of rotatable bonds is 1. The van der Waals surface area contributed by atoms with E-state index in [0.29, 0.717) is 6.42 Å². The van der Waals surface area contributed by atoms with Crippen LogP contribution in [0.4, 0.5) is 0 Å². The summed E-state index contributed by atoms with van der Waals surface area (Å²) in [6, 6.07) is 10.6. The number of fused-ring (bicyclic) bond motifs is 1. The normalized spacial score (nSPS) is 29.6. The van der Waals surface area contributed by atoms with Gasteiger partial charge in [0.25, 0.3) is 0 Å². The lowest BCUT2D eigenvalue weighted by atomic mass is 9.80. The molecule has 0 radical (unpaired) electrons. The summed E-state index contributed by atoms with van der Waals surface area (Å²) in [7, 11) is 0. The fraction of sp³-hybridized carbons (Fsp3) is 0.429. The molecule has 1 saturated carbocycles. The molecule has 0 aliphatic heterocycles. The fourth-order valence-corrected chi connectivity index (χ4v) is 3.93. The highest BCUT2D eigenvalue weighted by Gasteiger charge is 2.34. The first-order chi connectivity index (χ1) is 8.17. The lowest BCUT2D eigenvalue weighted by Gasteiger charge is -2.35. The summed E-state index contributed by atoms with van der Waals surface area (Å²) in [4.78, 5) is 1.22. The third-order valence-electron chi connectivity index (χ3n) is 3.68. The van der Waals surface area contributed by atoms with Crippen LogP contribution in [0.15, 0.2) is 30.3 Å². The third kappa shape index (κ3) is 1.99. The van der Waals surface area contributed by atoms with E-state index in [1.807, 2.05) is 0 Å². The van der Waals surface area contributed by atoms with Crippen LogP contribution in [0.5, 0.6) is 0 Å². The zero-order valence-corrected chi connectivity index (χ0v) is 10.5. The molecule has 1 heterocycles. The zero-order valence-electron chi connectivity index (χ0n) is 9.73. The Bertz CT molecular complexity index is 503. The van der Waals surface area contributed by atoms with Crippen molar-refractivity contribution in [3.63, 3.8) is 0 Å². The molecule has 0 bridgehead atoms. The highest BCUT2D eigenvalue weighted by molar-refractivity contribution is 7.19. The third-order valence-corrected chi connectivity index (χ3v) is 5.01. The molecule has 1 fully saturated rings. The van der Waals surface area contributed by atoms with Gasteiger partial charge in [0, 0.05) is 9.58 Å². The van der Waals surface area contributed by atoms with E-state index < -0.39 is 0 Å². The van der Waals surface area contributed by atoms with Crippen molar-refractivity contribution in [2.75, 3.05) is 0 Å². The lowest BCUT2D eigenvalue weighted by molar-refractivity contribution is 0.0879. The van der Waals surface area contributed by atoms with Crippen LogP contribution in [-0.2, 0) is 5.54 Å². The quantitative estimate of drug-likeness (QED) is 0.813. The van der Waals surface area contributed by atoms with Gasteiger partial charge in [0.2, 0.25) is 0 Å². The van der Waals surface area contributed by atoms with Gasteiger partial charge in [-0.3, -0.25) is 0 Å². The van der Waals surface area contributed by atoms with Gasteiger partial charge in [-0.25, -0.2) is 0 Å². The SMILES string of the molecule is N[C@]1(c2cc3ccccc3s2)CCC[C@H](O)C1. The number of nitrogens with two attached hydrogens (primary N) is 1. The highest BCUT2D eigenvalue weighted by atomic mass is 32.1. The van der Waals surface area contributed by atoms with E-state index in [1.165, 1.54) is 15.0 Å². The van der Waals surface area contributed by atoms with Crippen molar-refractivity contribution in [2.24, 2.45) is 5.73 Å². The van der Waals surface area contributed by atoms with Gasteiger partial charge in [-0.1, -0.05) is 18.2 Å². The fourth-order valence-electron chi connectivity index (χ4n) is 2.73. The van der Waals surface area contributed by atoms with E-state index in [2.05, 4.69) is 30.3 Å². The molecule has 3 rings (SSSR count).